The van der Waals surface area contributed by atoms with E-state index in [2.05, 4.69) is 0 Å². The Kier molecular flexibility index (Phi) is 2.64. The van der Waals surface area contributed by atoms with Crippen molar-refractivity contribution in [3.8, 4) is 0 Å². The SMILES string of the molecule is O=[N+]([O-])c1ccc(C2CCC[N+]2=O)c(F)c1. The Hall–Kier alpha value is -1.85. The summed E-state index contributed by atoms with van der Waals surface area (Å²) < 4.78 is 14.4. The summed E-state index contributed by atoms with van der Waals surface area (Å²) in [6, 6.07) is 2.92. The summed E-state index contributed by atoms with van der Waals surface area (Å²) in [6.07, 6.45) is 1.32. The number of nitro benzene ring substituents is 1. The van der Waals surface area contributed by atoms with Crippen LogP contribution in [0, 0.1) is 20.8 Å². The molecule has 0 aromatic heterocycles. The predicted molar refractivity (Wildman–Crippen MR) is 53.5 cm³/mol. The van der Waals surface area contributed by atoms with Gasteiger partial charge in [-0.2, -0.15) is 0 Å². The molecule has 0 aliphatic carbocycles. The lowest BCUT2D eigenvalue weighted by molar-refractivity contribution is -0.571. The summed E-state index contributed by atoms with van der Waals surface area (Å²) in [5, 5.41) is 10.4. The monoisotopic (exact) mass is 225 g/mol. The minimum atomic E-state index is -0.679. The Morgan fingerprint density at radius 1 is 1.50 bits per heavy atom. The lowest BCUT2D eigenvalue weighted by Gasteiger charge is -2.03. The number of benzene rings is 1. The van der Waals surface area contributed by atoms with Crippen LogP contribution in [0.3, 0.4) is 0 Å². The fourth-order valence-corrected chi connectivity index (χ4v) is 1.95. The molecule has 0 radical (unpaired) electrons. The van der Waals surface area contributed by atoms with Crippen molar-refractivity contribution >= 4 is 5.69 Å². The van der Waals surface area contributed by atoms with Gasteiger partial charge in [0.15, 0.2) is 6.54 Å². The van der Waals surface area contributed by atoms with Crippen LogP contribution in [0.2, 0.25) is 0 Å². The number of rotatable bonds is 2. The van der Waals surface area contributed by atoms with Crippen LogP contribution in [0.25, 0.3) is 0 Å². The van der Waals surface area contributed by atoms with Crippen molar-refractivity contribution < 1.29 is 14.1 Å². The van der Waals surface area contributed by atoms with E-state index in [1.165, 1.54) is 12.1 Å². The van der Waals surface area contributed by atoms with Crippen molar-refractivity contribution in [2.75, 3.05) is 6.54 Å². The topological polar surface area (TPSA) is 63.2 Å². The molecule has 1 aromatic rings. The van der Waals surface area contributed by atoms with E-state index in [1.807, 2.05) is 0 Å². The summed E-state index contributed by atoms with van der Waals surface area (Å²) in [7, 11) is 0. The smallest absolute Gasteiger partial charge is 0.258 e. The van der Waals surface area contributed by atoms with E-state index in [0.29, 0.717) is 13.0 Å². The zero-order chi connectivity index (χ0) is 11.7. The minimum Gasteiger partial charge on any atom is -0.258 e. The van der Waals surface area contributed by atoms with Gasteiger partial charge in [0.2, 0.25) is 6.04 Å². The molecule has 0 amide bonds. The highest BCUT2D eigenvalue weighted by Gasteiger charge is 2.35. The first-order chi connectivity index (χ1) is 7.59. The van der Waals surface area contributed by atoms with E-state index in [0.717, 1.165) is 17.2 Å². The quantitative estimate of drug-likeness (QED) is 0.441. The zero-order valence-corrected chi connectivity index (χ0v) is 8.43. The zero-order valence-electron chi connectivity index (χ0n) is 8.43. The predicted octanol–water partition coefficient (Wildman–Crippen LogP) is 2.35. The Morgan fingerprint density at radius 2 is 2.25 bits per heavy atom. The lowest BCUT2D eigenvalue weighted by Crippen LogP contribution is -2.10. The first-order valence-corrected chi connectivity index (χ1v) is 4.97. The van der Waals surface area contributed by atoms with Crippen LogP contribution in [0.1, 0.15) is 24.4 Å². The van der Waals surface area contributed by atoms with E-state index < -0.39 is 16.8 Å². The first-order valence-electron chi connectivity index (χ1n) is 4.97. The largest absolute Gasteiger partial charge is 0.272 e. The summed E-state index contributed by atoms with van der Waals surface area (Å²) in [4.78, 5) is 21.1. The molecule has 6 heteroatoms. The van der Waals surface area contributed by atoms with Crippen molar-refractivity contribution in [1.82, 2.24) is 0 Å². The molecule has 1 aliphatic rings. The van der Waals surface area contributed by atoms with Gasteiger partial charge >= 0.3 is 0 Å². The van der Waals surface area contributed by atoms with Crippen molar-refractivity contribution in [3.63, 3.8) is 0 Å². The van der Waals surface area contributed by atoms with Crippen LogP contribution in [0.15, 0.2) is 18.2 Å². The van der Waals surface area contributed by atoms with Crippen LogP contribution >= 0.6 is 0 Å². The fourth-order valence-electron chi connectivity index (χ4n) is 1.95. The minimum absolute atomic E-state index is 0.248. The highest BCUT2D eigenvalue weighted by molar-refractivity contribution is 5.35. The molecule has 5 nitrogen and oxygen atoms in total. The number of non-ortho nitro benzene ring substituents is 1. The molecule has 2 rings (SSSR count). The van der Waals surface area contributed by atoms with Gasteiger partial charge in [0.25, 0.3) is 5.69 Å². The van der Waals surface area contributed by atoms with Crippen molar-refractivity contribution in [3.05, 3.63) is 44.6 Å². The number of hydrogen-bond donors (Lipinski definition) is 0. The second-order valence-corrected chi connectivity index (χ2v) is 3.76. The highest BCUT2D eigenvalue weighted by atomic mass is 19.1. The molecule has 1 aliphatic heterocycles. The maximum Gasteiger partial charge on any atom is 0.272 e. The molecule has 16 heavy (non-hydrogen) atoms. The second-order valence-electron chi connectivity index (χ2n) is 3.76. The number of halogens is 1. The summed E-state index contributed by atoms with van der Waals surface area (Å²) in [5.41, 5.74) is -0.0465. The molecule has 1 unspecified atom stereocenters. The molecule has 1 aromatic carbocycles. The van der Waals surface area contributed by atoms with Gasteiger partial charge in [-0.3, -0.25) is 10.1 Å². The average molecular weight is 225 g/mol. The maximum atomic E-state index is 13.6. The third-order valence-electron chi connectivity index (χ3n) is 2.76. The van der Waals surface area contributed by atoms with E-state index >= 15 is 0 Å². The van der Waals surface area contributed by atoms with E-state index in [4.69, 9.17) is 0 Å². The van der Waals surface area contributed by atoms with Gasteiger partial charge in [-0.1, -0.05) is 0 Å². The Balaban J connectivity index is 2.36. The molecule has 1 atom stereocenters. The second kappa shape index (κ2) is 3.96. The number of nitro groups is 1. The summed E-state index contributed by atoms with van der Waals surface area (Å²) in [5.74, 6) is -0.679. The van der Waals surface area contributed by atoms with Gasteiger partial charge < -0.3 is 0 Å². The van der Waals surface area contributed by atoms with Crippen molar-refractivity contribution in [2.24, 2.45) is 0 Å². The normalized spacial score (nSPS) is 20.1. The maximum absolute atomic E-state index is 13.6. The molecular formula is C10H10FN2O3+. The number of nitrogens with zero attached hydrogens (tertiary/aromatic N) is 2. The third kappa shape index (κ3) is 1.78. The van der Waals surface area contributed by atoms with Crippen LogP contribution in [-0.2, 0) is 0 Å². The Morgan fingerprint density at radius 3 is 2.75 bits per heavy atom. The summed E-state index contributed by atoms with van der Waals surface area (Å²) >= 11 is 0. The molecular weight excluding hydrogens is 215 g/mol. The van der Waals surface area contributed by atoms with Crippen molar-refractivity contribution in [1.29, 1.82) is 0 Å². The summed E-state index contributed by atoms with van der Waals surface area (Å²) in [6.45, 7) is 0.390. The molecule has 84 valence electrons. The van der Waals surface area contributed by atoms with Gasteiger partial charge in [0.05, 0.1) is 16.6 Å². The Labute approximate surface area is 90.6 Å². The van der Waals surface area contributed by atoms with Gasteiger partial charge in [0, 0.05) is 28.6 Å². The van der Waals surface area contributed by atoms with Crippen LogP contribution in [0.5, 0.6) is 0 Å². The Bertz CT molecular complexity index is 461. The van der Waals surface area contributed by atoms with E-state index in [9.17, 15) is 19.4 Å². The number of nitroso groups, excluding NO2 is 1. The molecule has 0 spiro atoms. The fraction of sp³-hybridized carbons (Fsp3) is 0.400. The average Bonchev–Trinajstić information content (AvgIpc) is 2.64. The van der Waals surface area contributed by atoms with Gasteiger partial charge in [0.1, 0.15) is 5.82 Å². The van der Waals surface area contributed by atoms with Crippen LogP contribution in [0.4, 0.5) is 10.1 Å². The van der Waals surface area contributed by atoms with Crippen LogP contribution in [-0.4, -0.2) is 16.2 Å². The molecule has 1 heterocycles. The first kappa shape index (κ1) is 10.7. The van der Waals surface area contributed by atoms with Crippen LogP contribution < -0.4 is 0 Å². The molecule has 0 bridgehead atoms. The van der Waals surface area contributed by atoms with E-state index in [-0.39, 0.29) is 11.3 Å². The molecule has 0 N–H and O–H groups in total. The molecule has 0 saturated carbocycles. The van der Waals surface area contributed by atoms with Gasteiger partial charge in [-0.05, 0) is 6.07 Å². The third-order valence-corrected chi connectivity index (χ3v) is 2.76. The standard InChI is InChI=1S/C10H10FN2O3/c11-9-6-7(13(15)16)3-4-8(9)10-2-1-5-12(10)14/h3-4,6,10H,1-2,5H2/q+1. The van der Waals surface area contributed by atoms with Gasteiger partial charge in [-0.25, -0.2) is 4.39 Å². The van der Waals surface area contributed by atoms with Crippen molar-refractivity contribution in [2.45, 2.75) is 18.9 Å². The molecule has 1 saturated heterocycles. The lowest BCUT2D eigenvalue weighted by atomic mass is 10.0. The van der Waals surface area contributed by atoms with Gasteiger partial charge in [-0.15, -0.1) is 0 Å². The number of hydrogen-bond acceptors (Lipinski definition) is 3. The van der Waals surface area contributed by atoms with E-state index in [1.54, 1.807) is 0 Å². The highest BCUT2D eigenvalue weighted by Crippen LogP contribution is 2.31. The molecule has 1 fully saturated rings.